The lowest BCUT2D eigenvalue weighted by Crippen LogP contribution is -1.92. The van der Waals surface area contributed by atoms with Gasteiger partial charge < -0.3 is 0 Å². The predicted molar refractivity (Wildman–Crippen MR) is 204 cm³/mol. The summed E-state index contributed by atoms with van der Waals surface area (Å²) >= 11 is 1.86. The van der Waals surface area contributed by atoms with Crippen LogP contribution in [0.15, 0.2) is 146 Å². The highest BCUT2D eigenvalue weighted by Gasteiger charge is 2.15. The van der Waals surface area contributed by atoms with Crippen LogP contribution in [0.4, 0.5) is 0 Å². The van der Waals surface area contributed by atoms with Gasteiger partial charge in [-0.3, -0.25) is 0 Å². The Balaban J connectivity index is 1.42. The van der Waals surface area contributed by atoms with E-state index in [1.165, 1.54) is 57.9 Å². The van der Waals surface area contributed by atoms with Gasteiger partial charge in [-0.15, -0.1) is 11.3 Å². The molecule has 0 atom stereocenters. The maximum absolute atomic E-state index is 5.50. The third kappa shape index (κ3) is 3.60. The lowest BCUT2D eigenvalue weighted by molar-refractivity contribution is 1.43. The Morgan fingerprint density at radius 1 is 0.319 bits per heavy atom. The normalized spacial score (nSPS) is 12.3. The molecule has 10 aromatic carbocycles. The molecule has 47 heavy (non-hydrogen) atoms. The van der Waals surface area contributed by atoms with Gasteiger partial charge in [-0.1, -0.05) is 109 Å². The first-order valence-corrected chi connectivity index (χ1v) is 16.8. The van der Waals surface area contributed by atoms with Crippen molar-refractivity contribution in [3.8, 4) is 0 Å². The SMILES string of the molecule is c1cc2cc(c1)c1ccc3sc4cccc(c5cc6nc7c8ccccc8c8ccccc8c7nc6c(c5)c5ccc2cc5)c4c3c1. The van der Waals surface area contributed by atoms with E-state index >= 15 is 0 Å². The summed E-state index contributed by atoms with van der Waals surface area (Å²) in [5.74, 6) is 0. The van der Waals surface area contributed by atoms with Crippen molar-refractivity contribution in [3.63, 3.8) is 0 Å². The first-order valence-electron chi connectivity index (χ1n) is 16.0. The molecule has 0 amide bonds. The zero-order valence-corrected chi connectivity index (χ0v) is 26.0. The van der Waals surface area contributed by atoms with E-state index < -0.39 is 0 Å². The van der Waals surface area contributed by atoms with Gasteiger partial charge in [0.05, 0.1) is 22.1 Å². The Labute approximate surface area is 272 Å². The van der Waals surface area contributed by atoms with Gasteiger partial charge in [0.25, 0.3) is 0 Å². The molecule has 8 bridgehead atoms. The quantitative estimate of drug-likeness (QED) is 0.126. The van der Waals surface area contributed by atoms with E-state index in [0.717, 1.165) is 49.0 Å². The number of benzene rings is 8. The average Bonchev–Trinajstić information content (AvgIpc) is 3.52. The van der Waals surface area contributed by atoms with E-state index in [-0.39, 0.29) is 0 Å². The highest BCUT2D eigenvalue weighted by Crippen LogP contribution is 2.41. The standard InChI is InChI=1S/C44H24N2S/c1-3-11-34-32(9-1)33-10-2-4-12-35(33)44-43(34)45-38-24-30-23-36(42(38)46-44)26-17-15-25(16-18-26)27-7-5-8-28(21-27)29-19-20-39-37(22-29)41-31(30)13-6-14-40(41)47-39/h1-24H. The molecule has 12 aromatic rings. The molecule has 2 nitrogen and oxygen atoms in total. The lowest BCUT2D eigenvalue weighted by Gasteiger charge is -2.11. The molecule has 0 unspecified atom stereocenters. The van der Waals surface area contributed by atoms with Crippen LogP contribution in [0, 0.1) is 0 Å². The van der Waals surface area contributed by atoms with Crippen molar-refractivity contribution < 1.29 is 0 Å². The molecule has 0 saturated heterocycles. The van der Waals surface area contributed by atoms with Crippen molar-refractivity contribution in [2.75, 3.05) is 0 Å². The summed E-state index contributed by atoms with van der Waals surface area (Å²) in [5, 5.41) is 16.7. The van der Waals surface area contributed by atoms with Gasteiger partial charge in [-0.05, 0) is 84.9 Å². The summed E-state index contributed by atoms with van der Waals surface area (Å²) < 4.78 is 2.59. The van der Waals surface area contributed by atoms with E-state index in [0.29, 0.717) is 0 Å². The van der Waals surface area contributed by atoms with Gasteiger partial charge in [0, 0.05) is 36.3 Å². The predicted octanol–water partition coefficient (Wildman–Crippen LogP) is 12.6. The van der Waals surface area contributed by atoms with E-state index in [1.807, 2.05) is 11.3 Å². The fourth-order valence-electron chi connectivity index (χ4n) is 7.73. The summed E-state index contributed by atoms with van der Waals surface area (Å²) in [6.45, 7) is 0. The van der Waals surface area contributed by atoms with Crippen molar-refractivity contribution in [1.82, 2.24) is 9.97 Å². The molecule has 216 valence electrons. The van der Waals surface area contributed by atoms with Gasteiger partial charge in [0.2, 0.25) is 0 Å². The minimum Gasteiger partial charge on any atom is -0.244 e. The topological polar surface area (TPSA) is 25.8 Å². The number of fused-ring (bicyclic) bond motifs is 9. The molecule has 0 spiro atoms. The molecule has 0 aliphatic rings. The second kappa shape index (κ2) is 9.32. The second-order valence-corrected chi connectivity index (χ2v) is 13.6. The fourth-order valence-corrected chi connectivity index (χ4v) is 8.84. The minimum absolute atomic E-state index is 0.905. The average molecular weight is 613 g/mol. The molecule has 2 heterocycles. The summed E-state index contributed by atoms with van der Waals surface area (Å²) in [6.07, 6.45) is 0. The summed E-state index contributed by atoms with van der Waals surface area (Å²) in [7, 11) is 0. The van der Waals surface area contributed by atoms with Crippen LogP contribution in [0.2, 0.25) is 0 Å². The lowest BCUT2D eigenvalue weighted by atomic mass is 9.98. The van der Waals surface area contributed by atoms with Gasteiger partial charge in [0.1, 0.15) is 0 Å². The maximum Gasteiger partial charge on any atom is 0.0979 e. The minimum atomic E-state index is 0.905. The van der Waals surface area contributed by atoms with Crippen molar-refractivity contribution in [1.29, 1.82) is 0 Å². The fraction of sp³-hybridized carbons (Fsp3) is 0. The third-order valence-corrected chi connectivity index (χ3v) is 11.1. The van der Waals surface area contributed by atoms with Crippen LogP contribution in [-0.2, 0) is 0 Å². The highest BCUT2D eigenvalue weighted by atomic mass is 32.1. The first kappa shape index (κ1) is 25.3. The summed E-state index contributed by atoms with van der Waals surface area (Å²) in [6, 6.07) is 53.3. The number of thiophene rings is 1. The molecule has 0 aliphatic carbocycles. The van der Waals surface area contributed by atoms with Crippen LogP contribution >= 0.6 is 11.3 Å². The summed E-state index contributed by atoms with van der Waals surface area (Å²) in [4.78, 5) is 11.0. The Hall–Kier alpha value is -5.90. The van der Waals surface area contributed by atoms with Crippen molar-refractivity contribution >= 4 is 118 Å². The Kier molecular flexibility index (Phi) is 5.02. The Bertz CT molecular complexity index is 3170. The second-order valence-electron chi connectivity index (χ2n) is 12.6. The molecular weight excluding hydrogens is 589 g/mol. The van der Waals surface area contributed by atoms with Crippen molar-refractivity contribution in [3.05, 3.63) is 146 Å². The maximum atomic E-state index is 5.50. The number of hydrogen-bond acceptors (Lipinski definition) is 3. The summed E-state index contributed by atoms with van der Waals surface area (Å²) in [5.41, 5.74) is 3.71. The van der Waals surface area contributed by atoms with Crippen LogP contribution in [0.5, 0.6) is 0 Å². The van der Waals surface area contributed by atoms with Gasteiger partial charge in [0.15, 0.2) is 0 Å². The molecule has 3 heteroatoms. The molecule has 2 aromatic heterocycles. The van der Waals surface area contributed by atoms with Crippen LogP contribution in [0.25, 0.3) is 107 Å². The van der Waals surface area contributed by atoms with Crippen molar-refractivity contribution in [2.24, 2.45) is 0 Å². The number of hydrogen-bond donors (Lipinski definition) is 0. The zero-order chi connectivity index (χ0) is 30.6. The molecule has 0 saturated carbocycles. The largest absolute Gasteiger partial charge is 0.244 e. The van der Waals surface area contributed by atoms with E-state index in [2.05, 4.69) is 146 Å². The number of nitrogens with zero attached hydrogens (tertiary/aromatic N) is 2. The zero-order valence-electron chi connectivity index (χ0n) is 25.2. The molecule has 0 radical (unpaired) electrons. The molecule has 0 N–H and O–H groups in total. The van der Waals surface area contributed by atoms with E-state index in [1.54, 1.807) is 0 Å². The van der Waals surface area contributed by atoms with Gasteiger partial charge in [-0.2, -0.15) is 0 Å². The van der Waals surface area contributed by atoms with E-state index in [9.17, 15) is 0 Å². The molecular formula is C44H24N2S. The van der Waals surface area contributed by atoms with Crippen LogP contribution in [-0.4, -0.2) is 9.97 Å². The monoisotopic (exact) mass is 612 g/mol. The van der Waals surface area contributed by atoms with Crippen molar-refractivity contribution in [2.45, 2.75) is 0 Å². The third-order valence-electron chi connectivity index (χ3n) is 9.96. The van der Waals surface area contributed by atoms with Crippen LogP contribution in [0.1, 0.15) is 0 Å². The smallest absolute Gasteiger partial charge is 0.0979 e. The molecule has 0 aliphatic heterocycles. The van der Waals surface area contributed by atoms with E-state index in [4.69, 9.17) is 9.97 Å². The molecule has 0 fully saturated rings. The Morgan fingerprint density at radius 3 is 1.70 bits per heavy atom. The highest BCUT2D eigenvalue weighted by molar-refractivity contribution is 7.26. The molecule has 12 rings (SSSR count). The van der Waals surface area contributed by atoms with Crippen LogP contribution in [0.3, 0.4) is 0 Å². The van der Waals surface area contributed by atoms with Gasteiger partial charge >= 0.3 is 0 Å². The van der Waals surface area contributed by atoms with Gasteiger partial charge in [-0.25, -0.2) is 9.97 Å². The number of rotatable bonds is 0. The Morgan fingerprint density at radius 2 is 0.915 bits per heavy atom. The number of aromatic nitrogens is 2. The first-order chi connectivity index (χ1) is 23.3. The van der Waals surface area contributed by atoms with Crippen LogP contribution < -0.4 is 0 Å².